The third-order valence-electron chi connectivity index (χ3n) is 3.47. The summed E-state index contributed by atoms with van der Waals surface area (Å²) in [5.74, 6) is 2.40. The van der Waals surface area contributed by atoms with Gasteiger partial charge in [-0.3, -0.25) is 0 Å². The van der Waals surface area contributed by atoms with E-state index in [2.05, 4.69) is 21.2 Å². The van der Waals surface area contributed by atoms with Crippen molar-refractivity contribution in [2.45, 2.75) is 25.3 Å². The Morgan fingerprint density at radius 1 is 1.50 bits per heavy atom. The van der Waals surface area contributed by atoms with Crippen LogP contribution in [0.5, 0.6) is 17.2 Å². The molecule has 5 heteroatoms. The first-order valence-electron chi connectivity index (χ1n) is 6.18. The molecule has 0 aromatic heterocycles. The number of methoxy groups -OCH3 is 1. The van der Waals surface area contributed by atoms with Crippen molar-refractivity contribution >= 4 is 15.9 Å². The van der Waals surface area contributed by atoms with E-state index in [1.165, 1.54) is 12.8 Å². The molecule has 0 radical (unpaired) electrons. The van der Waals surface area contributed by atoms with Gasteiger partial charge < -0.3 is 19.5 Å². The highest BCUT2D eigenvalue weighted by atomic mass is 79.9. The van der Waals surface area contributed by atoms with Gasteiger partial charge in [-0.15, -0.1) is 0 Å². The van der Waals surface area contributed by atoms with Crippen LogP contribution in [-0.2, 0) is 6.42 Å². The van der Waals surface area contributed by atoms with Gasteiger partial charge in [-0.05, 0) is 47.8 Å². The third-order valence-corrected chi connectivity index (χ3v) is 4.19. The molecule has 98 valence electrons. The van der Waals surface area contributed by atoms with Gasteiger partial charge in [0.1, 0.15) is 10.2 Å². The molecule has 1 unspecified atom stereocenters. The zero-order valence-electron chi connectivity index (χ0n) is 10.3. The molecule has 4 nitrogen and oxygen atoms in total. The molecule has 1 N–H and O–H groups in total. The fourth-order valence-corrected chi connectivity index (χ4v) is 3.33. The van der Waals surface area contributed by atoms with E-state index in [4.69, 9.17) is 14.2 Å². The van der Waals surface area contributed by atoms with Crippen molar-refractivity contribution in [3.63, 3.8) is 0 Å². The second kappa shape index (κ2) is 4.97. The molecule has 0 amide bonds. The maximum Gasteiger partial charge on any atom is 0.231 e. The molecular weight excluding hydrogens is 298 g/mol. The van der Waals surface area contributed by atoms with E-state index < -0.39 is 0 Å². The first kappa shape index (κ1) is 12.1. The molecular formula is C13H16BrNO3. The Hall–Kier alpha value is -0.940. The Kier molecular flexibility index (Phi) is 3.35. The molecule has 2 aliphatic heterocycles. The van der Waals surface area contributed by atoms with Gasteiger partial charge in [0, 0.05) is 11.6 Å². The van der Waals surface area contributed by atoms with Crippen molar-refractivity contribution in [2.75, 3.05) is 20.4 Å². The van der Waals surface area contributed by atoms with Gasteiger partial charge in [-0.25, -0.2) is 0 Å². The van der Waals surface area contributed by atoms with Crippen molar-refractivity contribution in [2.24, 2.45) is 0 Å². The zero-order chi connectivity index (χ0) is 12.5. The highest BCUT2D eigenvalue weighted by Gasteiger charge is 2.25. The molecule has 0 spiro atoms. The summed E-state index contributed by atoms with van der Waals surface area (Å²) in [5, 5.41) is 3.50. The second-order valence-corrected chi connectivity index (χ2v) is 5.41. The van der Waals surface area contributed by atoms with Crippen molar-refractivity contribution in [3.05, 3.63) is 16.1 Å². The molecule has 2 aliphatic rings. The molecule has 0 saturated carbocycles. The average Bonchev–Trinajstić information content (AvgIpc) is 3.00. The van der Waals surface area contributed by atoms with Gasteiger partial charge in [0.05, 0.1) is 7.11 Å². The Morgan fingerprint density at radius 2 is 2.39 bits per heavy atom. The van der Waals surface area contributed by atoms with Crippen LogP contribution >= 0.6 is 15.9 Å². The first-order valence-corrected chi connectivity index (χ1v) is 6.97. The highest BCUT2D eigenvalue weighted by Crippen LogP contribution is 2.47. The lowest BCUT2D eigenvalue weighted by Crippen LogP contribution is -2.23. The van der Waals surface area contributed by atoms with Crippen LogP contribution in [0, 0.1) is 0 Å². The minimum absolute atomic E-state index is 0.280. The first-order chi connectivity index (χ1) is 8.79. The van der Waals surface area contributed by atoms with E-state index in [-0.39, 0.29) is 6.79 Å². The lowest BCUT2D eigenvalue weighted by atomic mass is 10.0. The number of hydrogen-bond acceptors (Lipinski definition) is 4. The van der Waals surface area contributed by atoms with Gasteiger partial charge in [0.2, 0.25) is 6.79 Å². The van der Waals surface area contributed by atoms with Gasteiger partial charge in [-0.1, -0.05) is 0 Å². The van der Waals surface area contributed by atoms with Gasteiger partial charge in [0.25, 0.3) is 0 Å². The van der Waals surface area contributed by atoms with Gasteiger partial charge >= 0.3 is 0 Å². The molecule has 1 aromatic rings. The van der Waals surface area contributed by atoms with Crippen LogP contribution in [0.25, 0.3) is 0 Å². The lowest BCUT2D eigenvalue weighted by molar-refractivity contribution is 0.173. The summed E-state index contributed by atoms with van der Waals surface area (Å²) < 4.78 is 17.2. The highest BCUT2D eigenvalue weighted by molar-refractivity contribution is 9.10. The van der Waals surface area contributed by atoms with E-state index in [1.807, 2.05) is 6.07 Å². The molecule has 1 fully saturated rings. The van der Waals surface area contributed by atoms with E-state index in [0.29, 0.717) is 6.04 Å². The largest absolute Gasteiger partial charge is 0.495 e. The molecule has 18 heavy (non-hydrogen) atoms. The lowest BCUT2D eigenvalue weighted by Gasteiger charge is -2.16. The molecule has 0 bridgehead atoms. The molecule has 1 atom stereocenters. The predicted octanol–water partition coefficient (Wildman–Crippen LogP) is 2.48. The fourth-order valence-electron chi connectivity index (χ4n) is 2.60. The van der Waals surface area contributed by atoms with E-state index in [1.54, 1.807) is 7.11 Å². The normalized spacial score (nSPS) is 21.3. The minimum Gasteiger partial charge on any atom is -0.495 e. The number of fused-ring (bicyclic) bond motifs is 1. The monoisotopic (exact) mass is 313 g/mol. The van der Waals surface area contributed by atoms with E-state index in [9.17, 15) is 0 Å². The molecule has 0 aliphatic carbocycles. The quantitative estimate of drug-likeness (QED) is 0.930. The van der Waals surface area contributed by atoms with Crippen molar-refractivity contribution in [3.8, 4) is 17.2 Å². The number of nitrogens with one attached hydrogen (secondary N) is 1. The third kappa shape index (κ3) is 2.06. The summed E-state index contributed by atoms with van der Waals surface area (Å²) in [6, 6.07) is 2.57. The Balaban J connectivity index is 1.94. The summed E-state index contributed by atoms with van der Waals surface area (Å²) in [4.78, 5) is 0. The maximum absolute atomic E-state index is 5.50. The van der Waals surface area contributed by atoms with Crippen LogP contribution < -0.4 is 19.5 Å². The minimum atomic E-state index is 0.280. The van der Waals surface area contributed by atoms with Gasteiger partial charge in [0.15, 0.2) is 11.5 Å². The average molecular weight is 314 g/mol. The van der Waals surface area contributed by atoms with Crippen molar-refractivity contribution in [1.82, 2.24) is 5.32 Å². The number of halogens is 1. The van der Waals surface area contributed by atoms with E-state index in [0.717, 1.165) is 40.3 Å². The second-order valence-electron chi connectivity index (χ2n) is 4.61. The van der Waals surface area contributed by atoms with E-state index >= 15 is 0 Å². The maximum atomic E-state index is 5.50. The SMILES string of the molecule is COc1c(CC2CCCN2)cc2c(c1Br)OCO2. The number of hydrogen-bond donors (Lipinski definition) is 1. The Bertz CT molecular complexity index is 458. The molecule has 3 rings (SSSR count). The van der Waals surface area contributed by atoms with Crippen LogP contribution in [0.3, 0.4) is 0 Å². The van der Waals surface area contributed by atoms with Crippen LogP contribution in [-0.4, -0.2) is 26.5 Å². The fraction of sp³-hybridized carbons (Fsp3) is 0.538. The molecule has 1 aromatic carbocycles. The smallest absolute Gasteiger partial charge is 0.231 e. The van der Waals surface area contributed by atoms with Crippen molar-refractivity contribution in [1.29, 1.82) is 0 Å². The summed E-state index contributed by atoms with van der Waals surface area (Å²) >= 11 is 3.54. The van der Waals surface area contributed by atoms with Crippen molar-refractivity contribution < 1.29 is 14.2 Å². The predicted molar refractivity (Wildman–Crippen MR) is 71.5 cm³/mol. The summed E-state index contributed by atoms with van der Waals surface area (Å²) in [6.07, 6.45) is 3.42. The zero-order valence-corrected chi connectivity index (χ0v) is 11.9. The summed E-state index contributed by atoms with van der Waals surface area (Å²) in [7, 11) is 1.69. The summed E-state index contributed by atoms with van der Waals surface area (Å²) in [6.45, 7) is 1.39. The Labute approximate surface area is 115 Å². The van der Waals surface area contributed by atoms with Crippen LogP contribution in [0.2, 0.25) is 0 Å². The Morgan fingerprint density at radius 3 is 3.11 bits per heavy atom. The van der Waals surface area contributed by atoms with Crippen LogP contribution in [0.1, 0.15) is 18.4 Å². The standard InChI is InChI=1S/C13H16BrNO3/c1-16-12-8(5-9-3-2-4-15-9)6-10-13(11(12)14)18-7-17-10/h6,9,15H,2-5,7H2,1H3. The van der Waals surface area contributed by atoms with Gasteiger partial charge in [-0.2, -0.15) is 0 Å². The number of ether oxygens (including phenoxy) is 3. The molecule has 2 heterocycles. The van der Waals surface area contributed by atoms with Crippen LogP contribution in [0.15, 0.2) is 10.5 Å². The van der Waals surface area contributed by atoms with Crippen LogP contribution in [0.4, 0.5) is 0 Å². The molecule has 1 saturated heterocycles. The topological polar surface area (TPSA) is 39.7 Å². The number of benzene rings is 1. The number of rotatable bonds is 3. The summed E-state index contributed by atoms with van der Waals surface area (Å²) in [5.41, 5.74) is 1.16.